The van der Waals surface area contributed by atoms with Crippen LogP contribution in [0.3, 0.4) is 0 Å². The van der Waals surface area contributed by atoms with Crippen molar-refractivity contribution in [2.24, 2.45) is 0 Å². The third-order valence-electron chi connectivity index (χ3n) is 4.01. The Balaban J connectivity index is 1.82. The molecule has 0 spiro atoms. The fourth-order valence-electron chi connectivity index (χ4n) is 2.73. The number of pyridine rings is 1. The van der Waals surface area contributed by atoms with Crippen molar-refractivity contribution in [1.82, 2.24) is 14.7 Å². The molecule has 1 N–H and O–H groups in total. The third-order valence-corrected chi connectivity index (χ3v) is 4.31. The van der Waals surface area contributed by atoms with Gasteiger partial charge in [-0.25, -0.2) is 4.98 Å². The van der Waals surface area contributed by atoms with Crippen LogP contribution in [0.2, 0.25) is 5.15 Å². The standard InChI is InChI=1S/C18H20ClN3O/c1-12-7-8-16(23-3)14(10-12)13(2)20-11-15-18(19)21-17-6-4-5-9-22(15)17/h4-10,13,20H,11H2,1-3H3. The van der Waals surface area contributed by atoms with E-state index in [4.69, 9.17) is 16.3 Å². The Kier molecular flexibility index (Phi) is 4.55. The van der Waals surface area contributed by atoms with Gasteiger partial charge in [-0.2, -0.15) is 0 Å². The van der Waals surface area contributed by atoms with Crippen molar-refractivity contribution in [1.29, 1.82) is 0 Å². The van der Waals surface area contributed by atoms with E-state index >= 15 is 0 Å². The number of nitrogens with one attached hydrogen (secondary N) is 1. The topological polar surface area (TPSA) is 38.6 Å². The fourth-order valence-corrected chi connectivity index (χ4v) is 2.97. The number of rotatable bonds is 5. The molecule has 23 heavy (non-hydrogen) atoms. The van der Waals surface area contributed by atoms with Crippen molar-refractivity contribution in [3.05, 3.63) is 64.6 Å². The number of fused-ring (bicyclic) bond motifs is 1. The molecule has 1 unspecified atom stereocenters. The Hall–Kier alpha value is -2.04. The lowest BCUT2D eigenvalue weighted by atomic mass is 10.0. The van der Waals surface area contributed by atoms with E-state index in [2.05, 4.69) is 36.3 Å². The number of imidazole rings is 1. The summed E-state index contributed by atoms with van der Waals surface area (Å²) in [6, 6.07) is 12.2. The molecule has 0 fully saturated rings. The van der Waals surface area contributed by atoms with E-state index in [9.17, 15) is 0 Å². The number of methoxy groups -OCH3 is 1. The van der Waals surface area contributed by atoms with Crippen molar-refractivity contribution < 1.29 is 4.74 Å². The summed E-state index contributed by atoms with van der Waals surface area (Å²) in [6.07, 6.45) is 1.98. The molecule has 0 saturated heterocycles. The van der Waals surface area contributed by atoms with E-state index in [0.29, 0.717) is 11.7 Å². The Morgan fingerprint density at radius 1 is 1.30 bits per heavy atom. The van der Waals surface area contributed by atoms with Crippen LogP contribution in [0.25, 0.3) is 5.65 Å². The highest BCUT2D eigenvalue weighted by molar-refractivity contribution is 6.30. The fraction of sp³-hybridized carbons (Fsp3) is 0.278. The molecule has 2 aromatic heterocycles. The lowest BCUT2D eigenvalue weighted by molar-refractivity contribution is 0.401. The van der Waals surface area contributed by atoms with Crippen LogP contribution in [0, 0.1) is 6.92 Å². The SMILES string of the molecule is COc1ccc(C)cc1C(C)NCc1c(Cl)nc2ccccn12. The molecule has 0 radical (unpaired) electrons. The summed E-state index contributed by atoms with van der Waals surface area (Å²) in [7, 11) is 1.70. The molecule has 3 rings (SSSR count). The predicted molar refractivity (Wildman–Crippen MR) is 93.2 cm³/mol. The summed E-state index contributed by atoms with van der Waals surface area (Å²) >= 11 is 6.28. The van der Waals surface area contributed by atoms with Crippen molar-refractivity contribution in [2.75, 3.05) is 7.11 Å². The second kappa shape index (κ2) is 6.60. The van der Waals surface area contributed by atoms with Gasteiger partial charge in [0.15, 0.2) is 5.15 Å². The minimum atomic E-state index is 0.134. The number of aromatic nitrogens is 2. The first-order valence-electron chi connectivity index (χ1n) is 7.59. The molecule has 1 atom stereocenters. The third kappa shape index (κ3) is 3.19. The normalized spacial score (nSPS) is 12.5. The first-order valence-corrected chi connectivity index (χ1v) is 7.97. The second-order valence-electron chi connectivity index (χ2n) is 5.63. The van der Waals surface area contributed by atoms with Crippen LogP contribution in [0.5, 0.6) is 5.75 Å². The highest BCUT2D eigenvalue weighted by Crippen LogP contribution is 2.27. The van der Waals surface area contributed by atoms with Gasteiger partial charge in [-0.05, 0) is 32.0 Å². The number of ether oxygens (including phenoxy) is 1. The molecule has 0 saturated carbocycles. The smallest absolute Gasteiger partial charge is 0.152 e. The van der Waals surface area contributed by atoms with Gasteiger partial charge in [0.2, 0.25) is 0 Å². The van der Waals surface area contributed by atoms with Gasteiger partial charge in [0.25, 0.3) is 0 Å². The molecule has 0 aliphatic heterocycles. The molecule has 5 heteroatoms. The Morgan fingerprint density at radius 2 is 2.13 bits per heavy atom. The van der Waals surface area contributed by atoms with Crippen LogP contribution in [0.1, 0.15) is 29.8 Å². The van der Waals surface area contributed by atoms with Crippen molar-refractivity contribution in [2.45, 2.75) is 26.4 Å². The lowest BCUT2D eigenvalue weighted by Gasteiger charge is -2.18. The molecular weight excluding hydrogens is 310 g/mol. The molecule has 0 bridgehead atoms. The zero-order chi connectivity index (χ0) is 16.4. The number of hydrogen-bond acceptors (Lipinski definition) is 3. The average molecular weight is 330 g/mol. The summed E-state index contributed by atoms with van der Waals surface area (Å²) in [5, 5.41) is 4.05. The first kappa shape index (κ1) is 15.8. The number of benzene rings is 1. The second-order valence-corrected chi connectivity index (χ2v) is 5.98. The maximum Gasteiger partial charge on any atom is 0.152 e. The summed E-state index contributed by atoms with van der Waals surface area (Å²) in [4.78, 5) is 4.38. The number of halogens is 1. The van der Waals surface area contributed by atoms with Gasteiger partial charge >= 0.3 is 0 Å². The first-order chi connectivity index (χ1) is 11.1. The van der Waals surface area contributed by atoms with Gasteiger partial charge < -0.3 is 14.5 Å². The van der Waals surface area contributed by atoms with Crippen LogP contribution in [0.15, 0.2) is 42.6 Å². The molecule has 120 valence electrons. The molecule has 0 amide bonds. The summed E-state index contributed by atoms with van der Waals surface area (Å²) in [5.74, 6) is 0.889. The van der Waals surface area contributed by atoms with Crippen LogP contribution in [0.4, 0.5) is 0 Å². The largest absolute Gasteiger partial charge is 0.496 e. The Bertz CT molecular complexity index is 828. The number of aryl methyl sites for hydroxylation is 1. The summed E-state index contributed by atoms with van der Waals surface area (Å²) in [6.45, 7) is 4.83. The zero-order valence-electron chi connectivity index (χ0n) is 13.5. The van der Waals surface area contributed by atoms with Gasteiger partial charge in [-0.15, -0.1) is 0 Å². The molecule has 3 aromatic rings. The number of nitrogens with zero attached hydrogens (tertiary/aromatic N) is 2. The molecule has 0 aliphatic carbocycles. The number of hydrogen-bond donors (Lipinski definition) is 1. The van der Waals surface area contributed by atoms with Gasteiger partial charge in [-0.1, -0.05) is 35.4 Å². The maximum atomic E-state index is 6.28. The summed E-state index contributed by atoms with van der Waals surface area (Å²) < 4.78 is 7.48. The molecule has 2 heterocycles. The van der Waals surface area contributed by atoms with Crippen molar-refractivity contribution in [3.8, 4) is 5.75 Å². The highest BCUT2D eigenvalue weighted by Gasteiger charge is 2.14. The molecule has 4 nitrogen and oxygen atoms in total. The minimum absolute atomic E-state index is 0.134. The van der Waals surface area contributed by atoms with E-state index in [1.165, 1.54) is 5.56 Å². The van der Waals surface area contributed by atoms with Gasteiger partial charge in [0, 0.05) is 24.3 Å². The van der Waals surface area contributed by atoms with Crippen LogP contribution < -0.4 is 10.1 Å². The highest BCUT2D eigenvalue weighted by atomic mass is 35.5. The van der Waals surface area contributed by atoms with E-state index in [-0.39, 0.29) is 6.04 Å². The maximum absolute atomic E-state index is 6.28. The van der Waals surface area contributed by atoms with Gasteiger partial charge in [-0.3, -0.25) is 0 Å². The van der Waals surface area contributed by atoms with Crippen molar-refractivity contribution >= 4 is 17.2 Å². The Morgan fingerprint density at radius 3 is 2.91 bits per heavy atom. The Labute approximate surface area is 141 Å². The molecular formula is C18H20ClN3O. The average Bonchev–Trinajstić information content (AvgIpc) is 2.88. The molecule has 1 aromatic carbocycles. The van der Waals surface area contributed by atoms with E-state index < -0.39 is 0 Å². The van der Waals surface area contributed by atoms with E-state index in [1.54, 1.807) is 7.11 Å². The lowest BCUT2D eigenvalue weighted by Crippen LogP contribution is -2.20. The van der Waals surface area contributed by atoms with Crippen LogP contribution in [-0.2, 0) is 6.54 Å². The molecule has 0 aliphatic rings. The predicted octanol–water partition coefficient (Wildman–Crippen LogP) is 4.16. The van der Waals surface area contributed by atoms with Crippen LogP contribution >= 0.6 is 11.6 Å². The van der Waals surface area contributed by atoms with Gasteiger partial charge in [0.1, 0.15) is 11.4 Å². The zero-order valence-corrected chi connectivity index (χ0v) is 14.3. The van der Waals surface area contributed by atoms with E-state index in [0.717, 1.165) is 22.7 Å². The monoisotopic (exact) mass is 329 g/mol. The van der Waals surface area contributed by atoms with Crippen LogP contribution in [-0.4, -0.2) is 16.5 Å². The van der Waals surface area contributed by atoms with Gasteiger partial charge in [0.05, 0.1) is 12.8 Å². The quantitative estimate of drug-likeness (QED) is 0.764. The van der Waals surface area contributed by atoms with Crippen molar-refractivity contribution in [3.63, 3.8) is 0 Å². The summed E-state index contributed by atoms with van der Waals surface area (Å²) in [5.41, 5.74) is 4.16. The van der Waals surface area contributed by atoms with E-state index in [1.807, 2.05) is 34.9 Å². The minimum Gasteiger partial charge on any atom is -0.496 e.